The van der Waals surface area contributed by atoms with Crippen molar-refractivity contribution in [2.45, 2.75) is 38.6 Å². The molecule has 3 heteroatoms. The molecule has 2 rings (SSSR count). The Balaban J connectivity index is 1.73. The summed E-state index contributed by atoms with van der Waals surface area (Å²) in [5.74, 6) is 0.867. The van der Waals surface area contributed by atoms with Crippen LogP contribution in [-0.4, -0.2) is 19.6 Å². The lowest BCUT2D eigenvalue weighted by molar-refractivity contribution is 0.312. The van der Waals surface area contributed by atoms with E-state index in [-0.39, 0.29) is 0 Å². The molecule has 2 N–H and O–H groups in total. The lowest BCUT2D eigenvalue weighted by Gasteiger charge is -2.28. The van der Waals surface area contributed by atoms with Crippen molar-refractivity contribution in [1.29, 1.82) is 0 Å². The van der Waals surface area contributed by atoms with Crippen molar-refractivity contribution >= 4 is 16.3 Å². The van der Waals surface area contributed by atoms with Gasteiger partial charge in [-0.05, 0) is 62.6 Å². The van der Waals surface area contributed by atoms with Gasteiger partial charge in [0.05, 0.1) is 5.00 Å². The monoisotopic (exact) mass is 238 g/mol. The summed E-state index contributed by atoms with van der Waals surface area (Å²) >= 11 is 1.82. The van der Waals surface area contributed by atoms with Gasteiger partial charge >= 0.3 is 0 Å². The summed E-state index contributed by atoms with van der Waals surface area (Å²) in [5, 5.41) is 10.5. The van der Waals surface area contributed by atoms with Gasteiger partial charge in [-0.1, -0.05) is 0 Å². The maximum absolute atomic E-state index is 3.59. The first-order valence-electron chi connectivity index (χ1n) is 6.25. The molecule has 0 amide bonds. The number of thiophene rings is 1. The van der Waals surface area contributed by atoms with E-state index in [0.29, 0.717) is 0 Å². The van der Waals surface area contributed by atoms with Gasteiger partial charge in [0.2, 0.25) is 0 Å². The van der Waals surface area contributed by atoms with E-state index in [1.54, 1.807) is 0 Å². The van der Waals surface area contributed by atoms with E-state index in [1.807, 2.05) is 11.3 Å². The predicted octanol–water partition coefficient (Wildman–Crippen LogP) is 3.25. The molecule has 1 aromatic rings. The number of hydrogen-bond acceptors (Lipinski definition) is 3. The Morgan fingerprint density at radius 3 is 2.62 bits per heavy atom. The molecule has 1 aromatic heterocycles. The fourth-order valence-electron chi connectivity index (χ4n) is 2.45. The topological polar surface area (TPSA) is 24.1 Å². The highest BCUT2D eigenvalue weighted by atomic mass is 32.1. The normalized spacial score (nSPS) is 25.6. The zero-order chi connectivity index (χ0) is 11.4. The van der Waals surface area contributed by atoms with Crippen molar-refractivity contribution in [2.24, 2.45) is 5.92 Å². The number of rotatable bonds is 4. The average molecular weight is 238 g/mol. The number of anilines is 1. The van der Waals surface area contributed by atoms with Gasteiger partial charge in [-0.15, -0.1) is 11.3 Å². The van der Waals surface area contributed by atoms with E-state index in [9.17, 15) is 0 Å². The summed E-state index contributed by atoms with van der Waals surface area (Å²) in [7, 11) is 2.08. The molecule has 1 heterocycles. The van der Waals surface area contributed by atoms with E-state index in [0.717, 1.165) is 18.5 Å². The van der Waals surface area contributed by atoms with Gasteiger partial charge in [0, 0.05) is 12.6 Å². The molecule has 1 aliphatic carbocycles. The number of hydrogen-bond donors (Lipinski definition) is 2. The molecule has 1 aliphatic rings. The van der Waals surface area contributed by atoms with Crippen LogP contribution >= 0.6 is 11.3 Å². The van der Waals surface area contributed by atoms with Crippen LogP contribution in [0, 0.1) is 12.8 Å². The van der Waals surface area contributed by atoms with E-state index in [2.05, 4.69) is 36.1 Å². The Morgan fingerprint density at radius 2 is 2.06 bits per heavy atom. The third-order valence-corrected chi connectivity index (χ3v) is 4.64. The second-order valence-corrected chi connectivity index (χ2v) is 5.74. The lowest BCUT2D eigenvalue weighted by atomic mass is 9.86. The Kier molecular flexibility index (Phi) is 4.24. The molecule has 90 valence electrons. The van der Waals surface area contributed by atoms with Crippen LogP contribution in [0.5, 0.6) is 0 Å². The molecule has 16 heavy (non-hydrogen) atoms. The quantitative estimate of drug-likeness (QED) is 0.841. The van der Waals surface area contributed by atoms with Crippen LogP contribution in [0.25, 0.3) is 0 Å². The molecular weight excluding hydrogens is 216 g/mol. The zero-order valence-electron chi connectivity index (χ0n) is 10.3. The Bertz CT molecular complexity index is 313. The van der Waals surface area contributed by atoms with Gasteiger partial charge in [0.25, 0.3) is 0 Å². The van der Waals surface area contributed by atoms with E-state index < -0.39 is 0 Å². The number of nitrogens with one attached hydrogen (secondary N) is 2. The summed E-state index contributed by atoms with van der Waals surface area (Å²) in [6.45, 7) is 3.33. The molecular formula is C13H22N2S. The van der Waals surface area contributed by atoms with Gasteiger partial charge in [0.15, 0.2) is 0 Å². The first kappa shape index (κ1) is 11.9. The van der Waals surface area contributed by atoms with Gasteiger partial charge in [-0.2, -0.15) is 0 Å². The minimum Gasteiger partial charge on any atom is -0.376 e. The van der Waals surface area contributed by atoms with Gasteiger partial charge < -0.3 is 10.6 Å². The Morgan fingerprint density at radius 1 is 1.31 bits per heavy atom. The Labute approximate surface area is 102 Å². The van der Waals surface area contributed by atoms with E-state index in [4.69, 9.17) is 0 Å². The van der Waals surface area contributed by atoms with Crippen LogP contribution in [-0.2, 0) is 0 Å². The summed E-state index contributed by atoms with van der Waals surface area (Å²) < 4.78 is 0. The van der Waals surface area contributed by atoms with Crippen LogP contribution in [0.15, 0.2) is 11.4 Å². The average Bonchev–Trinajstić information content (AvgIpc) is 2.73. The third kappa shape index (κ3) is 2.98. The molecule has 0 atom stereocenters. The molecule has 0 bridgehead atoms. The van der Waals surface area contributed by atoms with E-state index >= 15 is 0 Å². The fraction of sp³-hybridized carbons (Fsp3) is 0.692. The fourth-order valence-corrected chi connectivity index (χ4v) is 3.27. The molecule has 0 unspecified atom stereocenters. The summed E-state index contributed by atoms with van der Waals surface area (Å²) in [6.07, 6.45) is 5.41. The van der Waals surface area contributed by atoms with Crippen LogP contribution in [0.1, 0.15) is 31.2 Å². The summed E-state index contributed by atoms with van der Waals surface area (Å²) in [6, 6.07) is 2.95. The molecule has 2 nitrogen and oxygen atoms in total. The largest absolute Gasteiger partial charge is 0.376 e. The third-order valence-electron chi connectivity index (χ3n) is 3.67. The number of aryl methyl sites for hydroxylation is 1. The second-order valence-electron chi connectivity index (χ2n) is 4.82. The maximum atomic E-state index is 3.59. The van der Waals surface area contributed by atoms with Crippen molar-refractivity contribution in [3.63, 3.8) is 0 Å². The zero-order valence-corrected chi connectivity index (χ0v) is 11.1. The first-order chi connectivity index (χ1) is 7.79. The van der Waals surface area contributed by atoms with Crippen molar-refractivity contribution in [3.8, 4) is 0 Å². The maximum Gasteiger partial charge on any atom is 0.0912 e. The molecule has 0 radical (unpaired) electrons. The minimum absolute atomic E-state index is 0.764. The second kappa shape index (κ2) is 5.69. The van der Waals surface area contributed by atoms with Crippen LogP contribution < -0.4 is 10.6 Å². The summed E-state index contributed by atoms with van der Waals surface area (Å²) in [5.41, 5.74) is 1.38. The highest BCUT2D eigenvalue weighted by Gasteiger charge is 2.19. The van der Waals surface area contributed by atoms with Crippen LogP contribution in [0.4, 0.5) is 5.00 Å². The van der Waals surface area contributed by atoms with Gasteiger partial charge in [-0.25, -0.2) is 0 Å². The SMILES string of the molecule is CNC1CCC(CNc2sccc2C)CC1. The Hall–Kier alpha value is -0.540. The molecule has 0 aliphatic heterocycles. The minimum atomic E-state index is 0.764. The molecule has 0 aromatic carbocycles. The molecule has 0 spiro atoms. The van der Waals surface area contributed by atoms with E-state index in [1.165, 1.54) is 36.2 Å². The van der Waals surface area contributed by atoms with Crippen molar-refractivity contribution in [2.75, 3.05) is 18.9 Å². The highest BCUT2D eigenvalue weighted by Crippen LogP contribution is 2.27. The van der Waals surface area contributed by atoms with Crippen molar-refractivity contribution in [3.05, 3.63) is 17.0 Å². The summed E-state index contributed by atoms with van der Waals surface area (Å²) in [4.78, 5) is 0. The molecule has 0 saturated heterocycles. The van der Waals surface area contributed by atoms with Crippen LogP contribution in [0.2, 0.25) is 0 Å². The van der Waals surface area contributed by atoms with Crippen molar-refractivity contribution in [1.82, 2.24) is 5.32 Å². The highest BCUT2D eigenvalue weighted by molar-refractivity contribution is 7.14. The smallest absolute Gasteiger partial charge is 0.0912 e. The lowest BCUT2D eigenvalue weighted by Crippen LogP contribution is -2.32. The van der Waals surface area contributed by atoms with Crippen molar-refractivity contribution < 1.29 is 0 Å². The van der Waals surface area contributed by atoms with Gasteiger partial charge in [0.1, 0.15) is 0 Å². The predicted molar refractivity (Wildman–Crippen MR) is 72.4 cm³/mol. The molecule has 1 fully saturated rings. The molecule has 1 saturated carbocycles. The van der Waals surface area contributed by atoms with Crippen LogP contribution in [0.3, 0.4) is 0 Å². The van der Waals surface area contributed by atoms with Gasteiger partial charge in [-0.3, -0.25) is 0 Å². The standard InChI is InChI=1S/C13H22N2S/c1-10-7-8-16-13(10)15-9-11-3-5-12(14-2)6-4-11/h7-8,11-12,14-15H,3-6,9H2,1-2H3. The first-order valence-corrected chi connectivity index (χ1v) is 7.12.